The molecule has 194 valence electrons. The van der Waals surface area contributed by atoms with E-state index in [2.05, 4.69) is 30.9 Å². The van der Waals surface area contributed by atoms with Crippen LogP contribution in [-0.2, 0) is 20.6 Å². The predicted molar refractivity (Wildman–Crippen MR) is 148 cm³/mol. The van der Waals surface area contributed by atoms with E-state index < -0.39 is 0 Å². The molecule has 0 aromatic carbocycles. The van der Waals surface area contributed by atoms with Crippen LogP contribution in [0.25, 0.3) is 33.4 Å². The lowest BCUT2D eigenvalue weighted by atomic mass is 9.87. The number of aryl methyl sites for hydroxylation is 2. The maximum atomic E-state index is 12.5. The SMILES string of the molecule is Cn1cc(-c2cc3c(-c4ccc(N5CC6CC(C5)N6Cc5cccn(C)c5=O)nc4)c(C#N)cnc3[nH]2)cn1. The van der Waals surface area contributed by atoms with Gasteiger partial charge < -0.3 is 14.5 Å². The van der Waals surface area contributed by atoms with Crippen molar-refractivity contribution in [2.45, 2.75) is 25.0 Å². The normalized spacial score (nSPS) is 18.7. The van der Waals surface area contributed by atoms with Crippen LogP contribution < -0.4 is 10.5 Å². The van der Waals surface area contributed by atoms with Gasteiger partial charge in [0.15, 0.2) is 0 Å². The van der Waals surface area contributed by atoms with Gasteiger partial charge in [-0.25, -0.2) is 9.97 Å². The predicted octanol–water partition coefficient (Wildman–Crippen LogP) is 3.06. The number of nitrogens with one attached hydrogen (secondary N) is 1. The molecule has 1 N–H and O–H groups in total. The quantitative estimate of drug-likeness (QED) is 0.381. The highest BCUT2D eigenvalue weighted by Crippen LogP contribution is 2.37. The van der Waals surface area contributed by atoms with Crippen LogP contribution in [0, 0.1) is 11.3 Å². The van der Waals surface area contributed by atoms with Gasteiger partial charge in [0.2, 0.25) is 0 Å². The zero-order chi connectivity index (χ0) is 26.7. The van der Waals surface area contributed by atoms with E-state index >= 15 is 0 Å². The Kier molecular flexibility index (Phi) is 5.35. The monoisotopic (exact) mass is 517 g/mol. The first-order chi connectivity index (χ1) is 19.0. The number of aromatic amines is 1. The van der Waals surface area contributed by atoms with E-state index in [1.807, 2.05) is 49.8 Å². The van der Waals surface area contributed by atoms with Crippen LogP contribution in [0.15, 0.2) is 66.1 Å². The van der Waals surface area contributed by atoms with Gasteiger partial charge in [-0.1, -0.05) is 6.07 Å². The van der Waals surface area contributed by atoms with Crippen molar-refractivity contribution in [1.82, 2.24) is 34.2 Å². The van der Waals surface area contributed by atoms with Gasteiger partial charge in [-0.2, -0.15) is 10.4 Å². The lowest BCUT2D eigenvalue weighted by Crippen LogP contribution is -2.68. The Hall–Kier alpha value is -4.75. The molecule has 8 rings (SSSR count). The van der Waals surface area contributed by atoms with Crippen molar-refractivity contribution in [1.29, 1.82) is 5.26 Å². The van der Waals surface area contributed by atoms with Crippen molar-refractivity contribution >= 4 is 16.9 Å². The number of hydrogen-bond acceptors (Lipinski definition) is 7. The highest BCUT2D eigenvalue weighted by Gasteiger charge is 2.44. The van der Waals surface area contributed by atoms with Crippen molar-refractivity contribution < 1.29 is 0 Å². The first-order valence-corrected chi connectivity index (χ1v) is 13.0. The van der Waals surface area contributed by atoms with E-state index in [4.69, 9.17) is 4.98 Å². The van der Waals surface area contributed by atoms with Crippen molar-refractivity contribution in [3.63, 3.8) is 0 Å². The number of aromatic nitrogens is 6. The fourth-order valence-corrected chi connectivity index (χ4v) is 6.01. The van der Waals surface area contributed by atoms with Crippen LogP contribution in [-0.4, -0.2) is 59.4 Å². The van der Waals surface area contributed by atoms with E-state index in [0.717, 1.165) is 64.3 Å². The van der Waals surface area contributed by atoms with Crippen molar-refractivity contribution in [2.24, 2.45) is 14.1 Å². The number of nitrogens with zero attached hydrogens (tertiary/aromatic N) is 8. The molecule has 3 saturated heterocycles. The van der Waals surface area contributed by atoms with Crippen LogP contribution in [0.4, 0.5) is 5.82 Å². The van der Waals surface area contributed by atoms with Gasteiger partial charge >= 0.3 is 0 Å². The average Bonchev–Trinajstić information content (AvgIpc) is 3.59. The molecule has 5 aromatic rings. The minimum Gasteiger partial charge on any atom is -0.353 e. The molecular weight excluding hydrogens is 490 g/mol. The number of fused-ring (bicyclic) bond motifs is 3. The standard InChI is InChI=1S/C29H27N9O/c1-35-7-3-4-19(29(35)39)15-38-22-8-23(38)17-37(16-22)26-6-5-18(11-31-26)27-20(10-30)12-32-28-24(27)9-25(34-28)21-13-33-36(2)14-21/h3-7,9,11-14,22-23H,8,15-17H2,1-2H3,(H,32,34). The summed E-state index contributed by atoms with van der Waals surface area (Å²) in [5.74, 6) is 0.928. The zero-order valence-electron chi connectivity index (χ0n) is 21.7. The van der Waals surface area contributed by atoms with Crippen molar-refractivity contribution in [3.05, 3.63) is 82.8 Å². The smallest absolute Gasteiger partial charge is 0.254 e. The summed E-state index contributed by atoms with van der Waals surface area (Å²) < 4.78 is 3.40. The van der Waals surface area contributed by atoms with Gasteiger partial charge in [0.05, 0.1) is 17.5 Å². The molecule has 3 aliphatic heterocycles. The van der Waals surface area contributed by atoms with Crippen LogP contribution in [0.5, 0.6) is 0 Å². The van der Waals surface area contributed by atoms with Crippen LogP contribution in [0.1, 0.15) is 17.5 Å². The van der Waals surface area contributed by atoms with Gasteiger partial charge in [0.1, 0.15) is 17.5 Å². The van der Waals surface area contributed by atoms with Crippen LogP contribution >= 0.6 is 0 Å². The molecule has 3 aliphatic rings. The summed E-state index contributed by atoms with van der Waals surface area (Å²) in [6, 6.07) is 13.1. The maximum absolute atomic E-state index is 12.5. The number of rotatable bonds is 5. The largest absolute Gasteiger partial charge is 0.353 e. The van der Waals surface area contributed by atoms with Gasteiger partial charge in [0.25, 0.3) is 5.56 Å². The Balaban J connectivity index is 1.13. The van der Waals surface area contributed by atoms with Crippen LogP contribution in [0.3, 0.4) is 0 Å². The molecule has 10 heteroatoms. The molecule has 0 saturated carbocycles. The summed E-state index contributed by atoms with van der Waals surface area (Å²) in [5, 5.41) is 15.0. The number of H-pyrrole nitrogens is 1. The van der Waals surface area contributed by atoms with E-state index in [1.165, 1.54) is 0 Å². The Morgan fingerprint density at radius 1 is 1.08 bits per heavy atom. The average molecular weight is 518 g/mol. The maximum Gasteiger partial charge on any atom is 0.254 e. The molecule has 3 fully saturated rings. The van der Waals surface area contributed by atoms with Gasteiger partial charge in [-0.15, -0.1) is 0 Å². The van der Waals surface area contributed by atoms with Crippen molar-refractivity contribution in [3.8, 4) is 28.5 Å². The molecule has 5 aromatic heterocycles. The number of piperidine rings is 1. The third-order valence-electron chi connectivity index (χ3n) is 8.05. The second kappa shape index (κ2) is 8.92. The summed E-state index contributed by atoms with van der Waals surface area (Å²) in [4.78, 5) is 29.9. The van der Waals surface area contributed by atoms with Crippen molar-refractivity contribution in [2.75, 3.05) is 18.0 Å². The number of pyridine rings is 3. The first kappa shape index (κ1) is 23.4. The molecule has 39 heavy (non-hydrogen) atoms. The summed E-state index contributed by atoms with van der Waals surface area (Å²) in [5.41, 5.74) is 5.71. The van der Waals surface area contributed by atoms with Gasteiger partial charge in [-0.3, -0.25) is 14.4 Å². The number of piperazine rings is 1. The van der Waals surface area contributed by atoms with Gasteiger partial charge in [-0.05, 0) is 30.7 Å². The number of anilines is 1. The summed E-state index contributed by atoms with van der Waals surface area (Å²) in [6.45, 7) is 2.45. The fourth-order valence-electron chi connectivity index (χ4n) is 6.01. The summed E-state index contributed by atoms with van der Waals surface area (Å²) in [6.07, 6.45) is 10.2. The lowest BCUT2D eigenvalue weighted by molar-refractivity contribution is -0.00907. The van der Waals surface area contributed by atoms with Crippen LogP contribution in [0.2, 0.25) is 0 Å². The number of nitriles is 1. The highest BCUT2D eigenvalue weighted by atomic mass is 16.1. The van der Waals surface area contributed by atoms with Gasteiger partial charge in [0, 0.05) is 98.2 Å². The molecule has 2 unspecified atom stereocenters. The minimum atomic E-state index is 0.0773. The summed E-state index contributed by atoms with van der Waals surface area (Å²) >= 11 is 0. The Labute approximate surface area is 224 Å². The van der Waals surface area contributed by atoms with E-state index in [1.54, 1.807) is 34.9 Å². The second-order valence-corrected chi connectivity index (χ2v) is 10.5. The minimum absolute atomic E-state index is 0.0773. The Morgan fingerprint density at radius 3 is 2.64 bits per heavy atom. The fraction of sp³-hybridized carbons (Fsp3) is 0.276. The topological polar surface area (TPSA) is 112 Å². The molecule has 0 aliphatic carbocycles. The third-order valence-corrected chi connectivity index (χ3v) is 8.05. The molecule has 2 bridgehead atoms. The van der Waals surface area contributed by atoms with E-state index in [0.29, 0.717) is 24.2 Å². The first-order valence-electron chi connectivity index (χ1n) is 13.0. The number of hydrogen-bond donors (Lipinski definition) is 1. The summed E-state index contributed by atoms with van der Waals surface area (Å²) in [7, 11) is 3.68. The Bertz CT molecular complexity index is 1800. The lowest BCUT2D eigenvalue weighted by Gasteiger charge is -2.56. The molecule has 0 radical (unpaired) electrons. The molecule has 10 nitrogen and oxygen atoms in total. The molecule has 2 atom stereocenters. The Morgan fingerprint density at radius 2 is 1.92 bits per heavy atom. The second-order valence-electron chi connectivity index (χ2n) is 10.5. The highest BCUT2D eigenvalue weighted by molar-refractivity contribution is 5.98. The molecule has 0 spiro atoms. The van der Waals surface area contributed by atoms with E-state index in [9.17, 15) is 10.1 Å². The molecule has 8 heterocycles. The van der Waals surface area contributed by atoms with E-state index in [-0.39, 0.29) is 5.56 Å². The third kappa shape index (κ3) is 3.90. The zero-order valence-corrected chi connectivity index (χ0v) is 21.7. The molecular formula is C29H27N9O. The molecule has 0 amide bonds.